The summed E-state index contributed by atoms with van der Waals surface area (Å²) < 4.78 is 40.0. The summed E-state index contributed by atoms with van der Waals surface area (Å²) in [4.78, 5) is 0. The van der Waals surface area contributed by atoms with Gasteiger partial charge in [-0.05, 0) is 30.3 Å². The third-order valence-electron chi connectivity index (χ3n) is 2.47. The average Bonchev–Trinajstić information content (AvgIpc) is 2.56. The van der Waals surface area contributed by atoms with Gasteiger partial charge in [0.2, 0.25) is 0 Å². The van der Waals surface area contributed by atoms with Crippen LogP contribution in [0.15, 0.2) is 53.0 Å². The molecular formula is C17H22BrF3N2O. The number of halogens is 4. The van der Waals surface area contributed by atoms with E-state index in [0.29, 0.717) is 5.69 Å². The number of rotatable bonds is 3. The molecule has 3 nitrogen and oxygen atoms in total. The van der Waals surface area contributed by atoms with Crippen molar-refractivity contribution < 1.29 is 17.9 Å². The summed E-state index contributed by atoms with van der Waals surface area (Å²) in [5.74, 6) is -0.223. The van der Waals surface area contributed by atoms with Crippen molar-refractivity contribution in [3.05, 3.63) is 53.0 Å². The van der Waals surface area contributed by atoms with Crippen LogP contribution >= 0.6 is 15.9 Å². The fourth-order valence-electron chi connectivity index (χ4n) is 1.49. The molecule has 0 saturated carbocycles. The Labute approximate surface area is 149 Å². The van der Waals surface area contributed by atoms with Crippen LogP contribution in [0.1, 0.15) is 13.8 Å². The SMILES string of the molecule is CC.CNc1cccc(Br)c1.CNc1cccc(OC(F)(F)F)c1. The van der Waals surface area contributed by atoms with Crippen LogP contribution in [0.5, 0.6) is 5.75 Å². The first-order valence-corrected chi connectivity index (χ1v) is 8.10. The van der Waals surface area contributed by atoms with Gasteiger partial charge in [-0.15, -0.1) is 13.2 Å². The summed E-state index contributed by atoms with van der Waals surface area (Å²) in [6.07, 6.45) is -4.63. The number of alkyl halides is 3. The number of hydrogen-bond acceptors (Lipinski definition) is 3. The molecule has 0 bridgehead atoms. The van der Waals surface area contributed by atoms with Crippen molar-refractivity contribution in [3.63, 3.8) is 0 Å². The first kappa shape index (κ1) is 22.1. The normalized spacial score (nSPS) is 9.67. The van der Waals surface area contributed by atoms with E-state index in [1.54, 1.807) is 13.1 Å². The van der Waals surface area contributed by atoms with E-state index in [1.165, 1.54) is 18.2 Å². The van der Waals surface area contributed by atoms with Crippen molar-refractivity contribution >= 4 is 27.3 Å². The van der Waals surface area contributed by atoms with E-state index in [2.05, 4.69) is 31.3 Å². The molecule has 7 heteroatoms. The molecule has 0 unspecified atom stereocenters. The van der Waals surface area contributed by atoms with E-state index in [-0.39, 0.29) is 5.75 Å². The van der Waals surface area contributed by atoms with Crippen molar-refractivity contribution in [3.8, 4) is 5.75 Å². The first-order chi connectivity index (χ1) is 11.3. The largest absolute Gasteiger partial charge is 0.573 e. The second-order valence-corrected chi connectivity index (χ2v) is 5.00. The number of hydrogen-bond donors (Lipinski definition) is 2. The third kappa shape index (κ3) is 9.99. The van der Waals surface area contributed by atoms with Gasteiger partial charge in [-0.2, -0.15) is 0 Å². The Kier molecular flexibility index (Phi) is 10.7. The number of anilines is 2. The van der Waals surface area contributed by atoms with E-state index in [1.807, 2.05) is 45.2 Å². The molecule has 0 spiro atoms. The van der Waals surface area contributed by atoms with Gasteiger partial charge in [0.25, 0.3) is 0 Å². The van der Waals surface area contributed by atoms with Gasteiger partial charge >= 0.3 is 6.36 Å². The molecule has 24 heavy (non-hydrogen) atoms. The van der Waals surface area contributed by atoms with E-state index in [9.17, 15) is 13.2 Å². The van der Waals surface area contributed by atoms with Gasteiger partial charge in [0.1, 0.15) is 5.75 Å². The molecule has 2 aromatic carbocycles. The van der Waals surface area contributed by atoms with E-state index >= 15 is 0 Å². The number of ether oxygens (including phenoxy) is 1. The van der Waals surface area contributed by atoms with Crippen LogP contribution in [-0.2, 0) is 0 Å². The lowest BCUT2D eigenvalue weighted by atomic mass is 10.3. The lowest BCUT2D eigenvalue weighted by Gasteiger charge is -2.09. The highest BCUT2D eigenvalue weighted by atomic mass is 79.9. The van der Waals surface area contributed by atoms with Crippen LogP contribution in [0.4, 0.5) is 24.5 Å². The van der Waals surface area contributed by atoms with Gasteiger partial charge in [0.05, 0.1) is 0 Å². The topological polar surface area (TPSA) is 33.3 Å². The minimum Gasteiger partial charge on any atom is -0.406 e. The zero-order valence-electron chi connectivity index (χ0n) is 14.0. The molecule has 2 N–H and O–H groups in total. The number of benzene rings is 2. The molecule has 2 aromatic rings. The Bertz CT molecular complexity index is 592. The second kappa shape index (κ2) is 11.6. The van der Waals surface area contributed by atoms with E-state index in [0.717, 1.165) is 10.2 Å². The Morgan fingerprint density at radius 3 is 1.79 bits per heavy atom. The summed E-state index contributed by atoms with van der Waals surface area (Å²) in [5, 5.41) is 5.74. The maximum atomic E-state index is 11.7. The van der Waals surface area contributed by atoms with Crippen molar-refractivity contribution in [1.82, 2.24) is 0 Å². The maximum absolute atomic E-state index is 11.7. The van der Waals surface area contributed by atoms with Gasteiger partial charge in [-0.3, -0.25) is 0 Å². The smallest absolute Gasteiger partial charge is 0.406 e. The van der Waals surface area contributed by atoms with Crippen LogP contribution in [0.2, 0.25) is 0 Å². The van der Waals surface area contributed by atoms with E-state index < -0.39 is 6.36 Å². The molecule has 0 aliphatic heterocycles. The molecule has 0 amide bonds. The summed E-state index contributed by atoms with van der Waals surface area (Å²) >= 11 is 3.36. The molecule has 0 heterocycles. The minimum atomic E-state index is -4.63. The van der Waals surface area contributed by atoms with E-state index in [4.69, 9.17) is 0 Å². The van der Waals surface area contributed by atoms with Crippen LogP contribution in [0.25, 0.3) is 0 Å². The molecule has 0 aliphatic rings. The molecule has 0 radical (unpaired) electrons. The summed E-state index contributed by atoms with van der Waals surface area (Å²) in [6, 6.07) is 13.7. The predicted molar refractivity (Wildman–Crippen MR) is 97.7 cm³/mol. The Morgan fingerprint density at radius 1 is 0.875 bits per heavy atom. The molecular weight excluding hydrogens is 385 g/mol. The molecule has 134 valence electrons. The predicted octanol–water partition coefficient (Wildman–Crippen LogP) is 6.14. The summed E-state index contributed by atoms with van der Waals surface area (Å²) in [5.41, 5.74) is 1.70. The first-order valence-electron chi connectivity index (χ1n) is 7.31. The molecule has 2 rings (SSSR count). The van der Waals surface area contributed by atoms with Gasteiger partial charge in [-0.25, -0.2) is 0 Å². The highest BCUT2D eigenvalue weighted by Gasteiger charge is 2.31. The highest BCUT2D eigenvalue weighted by molar-refractivity contribution is 9.10. The molecule has 0 saturated heterocycles. The quantitative estimate of drug-likeness (QED) is 0.641. The lowest BCUT2D eigenvalue weighted by Crippen LogP contribution is -2.17. The molecule has 0 aliphatic carbocycles. The average molecular weight is 407 g/mol. The molecule has 0 aromatic heterocycles. The second-order valence-electron chi connectivity index (χ2n) is 4.09. The molecule has 0 fully saturated rings. The van der Waals surface area contributed by atoms with Gasteiger partial charge in [-0.1, -0.05) is 41.9 Å². The Hall–Kier alpha value is -1.89. The van der Waals surface area contributed by atoms with Crippen molar-refractivity contribution in [2.75, 3.05) is 24.7 Å². The zero-order valence-corrected chi connectivity index (χ0v) is 15.6. The monoisotopic (exact) mass is 406 g/mol. The van der Waals surface area contributed by atoms with Gasteiger partial charge in [0, 0.05) is 36.0 Å². The van der Waals surface area contributed by atoms with Crippen LogP contribution in [-0.4, -0.2) is 20.5 Å². The van der Waals surface area contributed by atoms with Crippen LogP contribution in [0, 0.1) is 0 Å². The standard InChI is InChI=1S/C8H8F3NO.C7H8BrN.C2H6/c1-12-6-3-2-4-7(5-6)13-8(9,10)11;1-9-7-4-2-3-6(8)5-7;1-2/h2-5,12H,1H3;2-5,9H,1H3;1-2H3. The summed E-state index contributed by atoms with van der Waals surface area (Å²) in [7, 11) is 3.52. The highest BCUT2D eigenvalue weighted by Crippen LogP contribution is 2.24. The minimum absolute atomic E-state index is 0.223. The fraction of sp³-hybridized carbons (Fsp3) is 0.294. The third-order valence-corrected chi connectivity index (χ3v) is 2.96. The molecule has 0 atom stereocenters. The maximum Gasteiger partial charge on any atom is 0.573 e. The van der Waals surface area contributed by atoms with Crippen LogP contribution < -0.4 is 15.4 Å². The lowest BCUT2D eigenvalue weighted by molar-refractivity contribution is -0.274. The van der Waals surface area contributed by atoms with Crippen LogP contribution in [0.3, 0.4) is 0 Å². The Morgan fingerprint density at radius 2 is 1.38 bits per heavy atom. The summed E-state index contributed by atoms with van der Waals surface area (Å²) in [6.45, 7) is 4.00. The van der Waals surface area contributed by atoms with Gasteiger partial charge < -0.3 is 15.4 Å². The number of nitrogens with one attached hydrogen (secondary N) is 2. The zero-order chi connectivity index (χ0) is 18.6. The Balaban J connectivity index is 0.000000420. The van der Waals surface area contributed by atoms with Crippen molar-refractivity contribution in [2.24, 2.45) is 0 Å². The van der Waals surface area contributed by atoms with Crippen molar-refractivity contribution in [2.45, 2.75) is 20.2 Å². The fourth-order valence-corrected chi connectivity index (χ4v) is 1.89. The van der Waals surface area contributed by atoms with Crippen molar-refractivity contribution in [1.29, 1.82) is 0 Å². The van der Waals surface area contributed by atoms with Gasteiger partial charge in [0.15, 0.2) is 0 Å².